The molecule has 0 aliphatic carbocycles. The van der Waals surface area contributed by atoms with Crippen LogP contribution in [0, 0.1) is 10.1 Å². The molecule has 0 fully saturated rings. The Morgan fingerprint density at radius 3 is 2.38 bits per heavy atom. The van der Waals surface area contributed by atoms with E-state index in [4.69, 9.17) is 11.6 Å². The standard InChI is InChI=1S/C12H16ClNO2/c1-3-5-9-7-8-11(13)12(14(15)16)10(9)6-4-2/h7-8H,3-6H2,1-2H3. The number of nitro groups is 1. The summed E-state index contributed by atoms with van der Waals surface area (Å²) in [6.07, 6.45) is 3.45. The molecule has 3 nitrogen and oxygen atoms in total. The van der Waals surface area contributed by atoms with Gasteiger partial charge in [0.15, 0.2) is 0 Å². The highest BCUT2D eigenvalue weighted by atomic mass is 35.5. The molecule has 0 saturated heterocycles. The van der Waals surface area contributed by atoms with Gasteiger partial charge >= 0.3 is 0 Å². The maximum absolute atomic E-state index is 11.0. The summed E-state index contributed by atoms with van der Waals surface area (Å²) in [5.41, 5.74) is 1.96. The summed E-state index contributed by atoms with van der Waals surface area (Å²) < 4.78 is 0. The van der Waals surface area contributed by atoms with Crippen LogP contribution in [0.4, 0.5) is 5.69 Å². The second kappa shape index (κ2) is 5.85. The van der Waals surface area contributed by atoms with E-state index in [0.29, 0.717) is 6.42 Å². The quantitative estimate of drug-likeness (QED) is 0.574. The van der Waals surface area contributed by atoms with Crippen LogP contribution in [0.25, 0.3) is 0 Å². The van der Waals surface area contributed by atoms with Gasteiger partial charge < -0.3 is 0 Å². The molecule has 4 heteroatoms. The van der Waals surface area contributed by atoms with Gasteiger partial charge in [0.05, 0.1) is 4.92 Å². The maximum atomic E-state index is 11.0. The van der Waals surface area contributed by atoms with Crippen LogP contribution in [0.1, 0.15) is 37.8 Å². The van der Waals surface area contributed by atoms with Gasteiger partial charge in [-0.1, -0.05) is 44.4 Å². The molecule has 0 aromatic heterocycles. The third-order valence-corrected chi connectivity index (χ3v) is 2.84. The fraction of sp³-hybridized carbons (Fsp3) is 0.500. The second-order valence-corrected chi connectivity index (χ2v) is 4.20. The van der Waals surface area contributed by atoms with Gasteiger partial charge in [-0.25, -0.2) is 0 Å². The number of hydrogen-bond acceptors (Lipinski definition) is 2. The Kier molecular flexibility index (Phi) is 4.74. The number of nitro benzene ring substituents is 1. The highest BCUT2D eigenvalue weighted by molar-refractivity contribution is 6.32. The fourth-order valence-corrected chi connectivity index (χ4v) is 2.13. The molecule has 1 aromatic carbocycles. The number of halogens is 1. The molecule has 0 atom stereocenters. The average Bonchev–Trinajstić information content (AvgIpc) is 2.22. The van der Waals surface area contributed by atoms with Gasteiger partial charge in [0.2, 0.25) is 0 Å². The van der Waals surface area contributed by atoms with Crippen LogP contribution < -0.4 is 0 Å². The first-order valence-corrected chi connectivity index (χ1v) is 5.94. The zero-order valence-corrected chi connectivity index (χ0v) is 10.4. The van der Waals surface area contributed by atoms with Crippen molar-refractivity contribution in [2.24, 2.45) is 0 Å². The van der Waals surface area contributed by atoms with E-state index in [0.717, 1.165) is 30.4 Å². The summed E-state index contributed by atoms with van der Waals surface area (Å²) in [5, 5.41) is 11.2. The molecule has 0 unspecified atom stereocenters. The minimum atomic E-state index is -0.369. The van der Waals surface area contributed by atoms with E-state index in [1.165, 1.54) is 0 Å². The zero-order chi connectivity index (χ0) is 12.1. The molecule has 0 N–H and O–H groups in total. The van der Waals surface area contributed by atoms with E-state index in [1.807, 2.05) is 13.0 Å². The molecule has 0 spiro atoms. The first kappa shape index (κ1) is 13.0. The van der Waals surface area contributed by atoms with E-state index in [2.05, 4.69) is 6.92 Å². The van der Waals surface area contributed by atoms with Crippen molar-refractivity contribution in [3.63, 3.8) is 0 Å². The van der Waals surface area contributed by atoms with Crippen molar-refractivity contribution in [2.75, 3.05) is 0 Å². The third kappa shape index (κ3) is 2.73. The molecule has 88 valence electrons. The minimum Gasteiger partial charge on any atom is -0.258 e. The molecule has 1 aromatic rings. The Labute approximate surface area is 101 Å². The van der Waals surface area contributed by atoms with E-state index in [-0.39, 0.29) is 15.6 Å². The molecule has 1 rings (SSSR count). The first-order valence-electron chi connectivity index (χ1n) is 5.56. The normalized spacial score (nSPS) is 10.4. The molecule has 0 aliphatic heterocycles. The predicted molar refractivity (Wildman–Crippen MR) is 66.1 cm³/mol. The number of benzene rings is 1. The van der Waals surface area contributed by atoms with Gasteiger partial charge in [-0.3, -0.25) is 10.1 Å². The molecule has 0 heterocycles. The molecule has 0 aliphatic rings. The van der Waals surface area contributed by atoms with Gasteiger partial charge in [-0.15, -0.1) is 0 Å². The lowest BCUT2D eigenvalue weighted by atomic mass is 9.98. The lowest BCUT2D eigenvalue weighted by molar-refractivity contribution is -0.385. The maximum Gasteiger partial charge on any atom is 0.291 e. The Balaban J connectivity index is 3.31. The molecule has 0 amide bonds. The van der Waals surface area contributed by atoms with Gasteiger partial charge in [-0.2, -0.15) is 0 Å². The van der Waals surface area contributed by atoms with Crippen molar-refractivity contribution in [2.45, 2.75) is 39.5 Å². The topological polar surface area (TPSA) is 43.1 Å². The average molecular weight is 242 g/mol. The molecular formula is C12H16ClNO2. The van der Waals surface area contributed by atoms with Crippen molar-refractivity contribution >= 4 is 17.3 Å². The van der Waals surface area contributed by atoms with E-state index >= 15 is 0 Å². The van der Waals surface area contributed by atoms with Crippen LogP contribution >= 0.6 is 11.6 Å². The smallest absolute Gasteiger partial charge is 0.258 e. The molecule has 0 radical (unpaired) electrons. The Bertz CT molecular complexity index is 391. The van der Waals surface area contributed by atoms with Gasteiger partial charge in [0, 0.05) is 5.56 Å². The van der Waals surface area contributed by atoms with Crippen LogP contribution in [0.2, 0.25) is 5.02 Å². The van der Waals surface area contributed by atoms with Crippen molar-refractivity contribution in [1.82, 2.24) is 0 Å². The van der Waals surface area contributed by atoms with Gasteiger partial charge in [-0.05, 0) is 24.5 Å². The summed E-state index contributed by atoms with van der Waals surface area (Å²) in [6.45, 7) is 4.08. The Hall–Kier alpha value is -1.09. The molecule has 0 saturated carbocycles. The van der Waals surface area contributed by atoms with E-state index in [9.17, 15) is 10.1 Å². The van der Waals surface area contributed by atoms with Gasteiger partial charge in [0.25, 0.3) is 5.69 Å². The van der Waals surface area contributed by atoms with Crippen molar-refractivity contribution in [1.29, 1.82) is 0 Å². The zero-order valence-electron chi connectivity index (χ0n) is 9.62. The van der Waals surface area contributed by atoms with Crippen LogP contribution in [-0.4, -0.2) is 4.92 Å². The Morgan fingerprint density at radius 2 is 1.88 bits per heavy atom. The minimum absolute atomic E-state index is 0.0921. The van der Waals surface area contributed by atoms with Crippen molar-refractivity contribution < 1.29 is 4.92 Å². The molecule has 16 heavy (non-hydrogen) atoms. The lowest BCUT2D eigenvalue weighted by Gasteiger charge is -2.09. The highest BCUT2D eigenvalue weighted by Gasteiger charge is 2.20. The highest BCUT2D eigenvalue weighted by Crippen LogP contribution is 2.32. The first-order chi connectivity index (χ1) is 7.61. The number of hydrogen-bond donors (Lipinski definition) is 0. The van der Waals surface area contributed by atoms with Crippen LogP contribution in [0.3, 0.4) is 0 Å². The number of nitrogens with zero attached hydrogens (tertiary/aromatic N) is 1. The summed E-state index contributed by atoms with van der Waals surface area (Å²) in [4.78, 5) is 10.6. The van der Waals surface area contributed by atoms with Crippen LogP contribution in [0.5, 0.6) is 0 Å². The van der Waals surface area contributed by atoms with Crippen LogP contribution in [0.15, 0.2) is 12.1 Å². The monoisotopic (exact) mass is 241 g/mol. The summed E-state index contributed by atoms with van der Waals surface area (Å²) in [6, 6.07) is 3.54. The van der Waals surface area contributed by atoms with Crippen molar-refractivity contribution in [3.8, 4) is 0 Å². The van der Waals surface area contributed by atoms with Gasteiger partial charge in [0.1, 0.15) is 5.02 Å². The summed E-state index contributed by atoms with van der Waals surface area (Å²) >= 11 is 5.89. The third-order valence-electron chi connectivity index (χ3n) is 2.53. The molecular weight excluding hydrogens is 226 g/mol. The second-order valence-electron chi connectivity index (χ2n) is 3.79. The van der Waals surface area contributed by atoms with Crippen molar-refractivity contribution in [3.05, 3.63) is 38.4 Å². The lowest BCUT2D eigenvalue weighted by Crippen LogP contribution is -2.01. The number of rotatable bonds is 5. The Morgan fingerprint density at radius 1 is 1.25 bits per heavy atom. The predicted octanol–water partition coefficient (Wildman–Crippen LogP) is 4.15. The SMILES string of the molecule is CCCc1ccc(Cl)c([N+](=O)[O-])c1CCC. The molecule has 0 bridgehead atoms. The largest absolute Gasteiger partial charge is 0.291 e. The summed E-state index contributed by atoms with van der Waals surface area (Å²) in [7, 11) is 0. The van der Waals surface area contributed by atoms with Crippen LogP contribution in [-0.2, 0) is 12.8 Å². The number of aryl methyl sites for hydroxylation is 1. The van der Waals surface area contributed by atoms with E-state index < -0.39 is 0 Å². The fourth-order valence-electron chi connectivity index (χ4n) is 1.88. The summed E-state index contributed by atoms with van der Waals surface area (Å²) in [5.74, 6) is 0. The van der Waals surface area contributed by atoms with E-state index in [1.54, 1.807) is 6.07 Å².